The fraction of sp³-hybridized carbons (Fsp3) is 0.655. The van der Waals surface area contributed by atoms with Crippen molar-refractivity contribution in [1.82, 2.24) is 5.01 Å². The Morgan fingerprint density at radius 2 is 1.47 bits per heavy atom. The van der Waals surface area contributed by atoms with Crippen molar-refractivity contribution in [3.05, 3.63) is 52.0 Å². The molecular formula is C29H50N2O3. The minimum Gasteiger partial charge on any atom is -0.300 e. The van der Waals surface area contributed by atoms with Crippen molar-refractivity contribution in [2.45, 2.75) is 113 Å². The van der Waals surface area contributed by atoms with E-state index in [1.165, 1.54) is 67.2 Å². The van der Waals surface area contributed by atoms with E-state index in [0.29, 0.717) is 6.42 Å². The van der Waals surface area contributed by atoms with E-state index in [2.05, 4.69) is 44.8 Å². The van der Waals surface area contributed by atoms with Crippen LogP contribution in [0.3, 0.4) is 0 Å². The first-order valence-electron chi connectivity index (χ1n) is 12.3. The average Bonchev–Trinajstić information content (AvgIpc) is 3.51. The summed E-state index contributed by atoms with van der Waals surface area (Å²) < 4.78 is 0. The van der Waals surface area contributed by atoms with Crippen LogP contribution in [0.1, 0.15) is 107 Å². The van der Waals surface area contributed by atoms with Crippen LogP contribution in [0, 0.1) is 10.8 Å². The van der Waals surface area contributed by atoms with Gasteiger partial charge in [-0.1, -0.05) is 41.0 Å². The SMILES string of the molecule is C=C(CC/C=C(\C)CCC=C(C)C)C1CC1.CC(=O)C=C(C)C.CC(=O)CC(C)(C)N(C)N=O. The van der Waals surface area contributed by atoms with Gasteiger partial charge in [0.15, 0.2) is 5.78 Å². The molecule has 0 amide bonds. The molecule has 0 saturated heterocycles. The number of nitrogens with zero attached hydrogens (tertiary/aromatic N) is 2. The Morgan fingerprint density at radius 3 is 1.82 bits per heavy atom. The van der Waals surface area contributed by atoms with Gasteiger partial charge in [0, 0.05) is 13.5 Å². The third kappa shape index (κ3) is 21.5. The Balaban J connectivity index is 0. The summed E-state index contributed by atoms with van der Waals surface area (Å²) in [4.78, 5) is 31.0. The highest BCUT2D eigenvalue weighted by molar-refractivity contribution is 5.87. The molecule has 0 aromatic heterocycles. The number of ketones is 2. The second-order valence-corrected chi connectivity index (χ2v) is 10.5. The molecule has 0 aliphatic heterocycles. The molecule has 1 fully saturated rings. The molecule has 0 heterocycles. The number of hydrogen-bond acceptors (Lipinski definition) is 4. The maximum atomic E-state index is 10.7. The maximum absolute atomic E-state index is 10.7. The highest BCUT2D eigenvalue weighted by Crippen LogP contribution is 2.37. The Labute approximate surface area is 209 Å². The van der Waals surface area contributed by atoms with Crippen LogP contribution in [0.4, 0.5) is 0 Å². The normalized spacial score (nSPS) is 12.7. The zero-order chi connectivity index (χ0) is 26.9. The van der Waals surface area contributed by atoms with Crippen LogP contribution in [0.5, 0.6) is 0 Å². The van der Waals surface area contributed by atoms with Crippen molar-refractivity contribution >= 4 is 11.6 Å². The molecule has 0 atom stereocenters. The Kier molecular flexibility index (Phi) is 18.0. The van der Waals surface area contributed by atoms with Gasteiger partial charge in [-0.3, -0.25) is 14.6 Å². The van der Waals surface area contributed by atoms with Gasteiger partial charge < -0.3 is 0 Å². The van der Waals surface area contributed by atoms with Crippen LogP contribution >= 0.6 is 0 Å². The third-order valence-corrected chi connectivity index (χ3v) is 5.38. The molecule has 1 aliphatic carbocycles. The van der Waals surface area contributed by atoms with Crippen molar-refractivity contribution in [2.24, 2.45) is 11.2 Å². The van der Waals surface area contributed by atoms with Crippen LogP contribution < -0.4 is 0 Å². The van der Waals surface area contributed by atoms with E-state index in [-0.39, 0.29) is 11.6 Å². The van der Waals surface area contributed by atoms with E-state index in [4.69, 9.17) is 0 Å². The average molecular weight is 475 g/mol. The minimum atomic E-state index is -0.465. The van der Waals surface area contributed by atoms with Crippen molar-refractivity contribution < 1.29 is 9.59 Å². The summed E-state index contributed by atoms with van der Waals surface area (Å²) in [5.74, 6) is 1.06. The summed E-state index contributed by atoms with van der Waals surface area (Å²) in [6.07, 6.45) is 14.2. The molecule has 1 aliphatic rings. The molecule has 5 nitrogen and oxygen atoms in total. The number of rotatable bonds is 12. The number of nitroso groups, excluding NO2 is 1. The van der Waals surface area contributed by atoms with E-state index in [0.717, 1.165) is 11.5 Å². The molecular weight excluding hydrogens is 424 g/mol. The molecule has 0 aromatic rings. The van der Waals surface area contributed by atoms with Gasteiger partial charge in [0.2, 0.25) is 0 Å². The second kappa shape index (κ2) is 18.1. The summed E-state index contributed by atoms with van der Waals surface area (Å²) in [5, 5.41) is 4.00. The standard InChI is InChI=1S/C16H26.C7H14N2O2.C6H10O/c1-13(2)7-5-8-14(3)9-6-10-15(4)16-11-12-16;1-6(10)5-7(2,3)9(4)8-11;1-5(2)4-6(3)7/h7,9,16H,4-6,8,10-12H2,1-3H3;5H2,1-4H3;4H,1-3H3/b14-9+;;. The summed E-state index contributed by atoms with van der Waals surface area (Å²) in [6, 6.07) is 0. The molecule has 1 saturated carbocycles. The Bertz CT molecular complexity index is 745. The van der Waals surface area contributed by atoms with Gasteiger partial charge in [0.05, 0.1) is 10.8 Å². The molecule has 1 rings (SSSR count). The first kappa shape index (κ1) is 33.9. The predicted octanol–water partition coefficient (Wildman–Crippen LogP) is 8.32. The highest BCUT2D eigenvalue weighted by Gasteiger charge is 2.25. The first-order valence-corrected chi connectivity index (χ1v) is 12.3. The van der Waals surface area contributed by atoms with Crippen LogP contribution in [0.25, 0.3) is 0 Å². The van der Waals surface area contributed by atoms with Crippen LogP contribution in [0.2, 0.25) is 0 Å². The van der Waals surface area contributed by atoms with Gasteiger partial charge >= 0.3 is 0 Å². The van der Waals surface area contributed by atoms with Crippen LogP contribution in [-0.2, 0) is 9.59 Å². The maximum Gasteiger partial charge on any atom is 0.152 e. The number of allylic oxidation sites excluding steroid dienone is 7. The third-order valence-electron chi connectivity index (χ3n) is 5.38. The van der Waals surface area contributed by atoms with E-state index in [1.807, 2.05) is 13.8 Å². The van der Waals surface area contributed by atoms with E-state index >= 15 is 0 Å². The molecule has 0 radical (unpaired) electrons. The molecule has 194 valence electrons. The monoisotopic (exact) mass is 474 g/mol. The van der Waals surface area contributed by atoms with Crippen molar-refractivity contribution in [2.75, 3.05) is 7.05 Å². The van der Waals surface area contributed by atoms with Gasteiger partial charge in [-0.2, -0.15) is 0 Å². The number of carbonyl (C=O) groups is 2. The topological polar surface area (TPSA) is 66.8 Å². The Hall–Kier alpha value is -2.30. The molecule has 0 bridgehead atoms. The van der Waals surface area contributed by atoms with Gasteiger partial charge in [0.25, 0.3) is 0 Å². The molecule has 0 aromatic carbocycles. The quantitative estimate of drug-likeness (QED) is 0.123. The summed E-state index contributed by atoms with van der Waals surface area (Å²) in [6.45, 7) is 21.2. The van der Waals surface area contributed by atoms with E-state index in [9.17, 15) is 14.5 Å². The smallest absolute Gasteiger partial charge is 0.152 e. The van der Waals surface area contributed by atoms with Crippen LogP contribution in [0.15, 0.2) is 52.4 Å². The van der Waals surface area contributed by atoms with E-state index in [1.54, 1.807) is 33.9 Å². The molecule has 34 heavy (non-hydrogen) atoms. The molecule has 0 N–H and O–H groups in total. The fourth-order valence-corrected chi connectivity index (χ4v) is 3.13. The largest absolute Gasteiger partial charge is 0.300 e. The van der Waals surface area contributed by atoms with Crippen molar-refractivity contribution in [1.29, 1.82) is 0 Å². The van der Waals surface area contributed by atoms with Gasteiger partial charge in [-0.25, -0.2) is 0 Å². The summed E-state index contributed by atoms with van der Waals surface area (Å²) >= 11 is 0. The summed E-state index contributed by atoms with van der Waals surface area (Å²) in [7, 11) is 1.57. The lowest BCUT2D eigenvalue weighted by molar-refractivity contribution is -0.119. The Morgan fingerprint density at radius 1 is 0.941 bits per heavy atom. The van der Waals surface area contributed by atoms with Gasteiger partial charge in [-0.05, 0) is 113 Å². The lowest BCUT2D eigenvalue weighted by Crippen LogP contribution is -2.38. The van der Waals surface area contributed by atoms with Gasteiger partial charge in [-0.15, -0.1) is 4.91 Å². The van der Waals surface area contributed by atoms with E-state index < -0.39 is 5.54 Å². The van der Waals surface area contributed by atoms with Crippen molar-refractivity contribution in [3.63, 3.8) is 0 Å². The molecule has 0 unspecified atom stereocenters. The lowest BCUT2D eigenvalue weighted by Gasteiger charge is -2.29. The minimum absolute atomic E-state index is 0.0606. The zero-order valence-corrected chi connectivity index (χ0v) is 23.6. The van der Waals surface area contributed by atoms with Crippen LogP contribution in [-0.4, -0.2) is 29.2 Å². The summed E-state index contributed by atoms with van der Waals surface area (Å²) in [5.41, 5.74) is 5.03. The predicted molar refractivity (Wildman–Crippen MR) is 147 cm³/mol. The highest BCUT2D eigenvalue weighted by atomic mass is 16.3. The zero-order valence-electron chi connectivity index (χ0n) is 23.6. The van der Waals surface area contributed by atoms with Crippen molar-refractivity contribution in [3.8, 4) is 0 Å². The fourth-order valence-electron chi connectivity index (χ4n) is 3.13. The number of carbonyl (C=O) groups excluding carboxylic acids is 2. The second-order valence-electron chi connectivity index (χ2n) is 10.5. The van der Waals surface area contributed by atoms with Gasteiger partial charge in [0.1, 0.15) is 5.78 Å². The first-order chi connectivity index (χ1) is 15.6. The molecule has 0 spiro atoms. The number of hydrogen-bond donors (Lipinski definition) is 0. The molecule has 5 heteroatoms. The lowest BCUT2D eigenvalue weighted by atomic mass is 9.98. The number of Topliss-reactive ketones (excluding diaryl/α,β-unsaturated/α-hetero) is 1.